The molecule has 0 heterocycles. The van der Waals surface area contributed by atoms with Gasteiger partial charge in [-0.2, -0.15) is 0 Å². The van der Waals surface area contributed by atoms with Crippen molar-refractivity contribution in [2.24, 2.45) is 0 Å². The zero-order valence-corrected chi connectivity index (χ0v) is 16.4. The van der Waals surface area contributed by atoms with E-state index >= 15 is 0 Å². The maximum absolute atomic E-state index is 12.6. The smallest absolute Gasteiger partial charge is 0.255 e. The fraction of sp³-hybridized carbons (Fsp3) is 0.333. The summed E-state index contributed by atoms with van der Waals surface area (Å²) in [6, 6.07) is 14.6. The van der Waals surface area contributed by atoms with Gasteiger partial charge in [-0.1, -0.05) is 32.0 Å². The molecule has 0 fully saturated rings. The molecule has 0 unspecified atom stereocenters. The van der Waals surface area contributed by atoms with Crippen molar-refractivity contribution in [1.82, 2.24) is 5.32 Å². The minimum Gasteiger partial charge on any atom is -0.347 e. The molecule has 2 rings (SSSR count). The van der Waals surface area contributed by atoms with Gasteiger partial charge in [-0.05, 0) is 62.0 Å². The van der Waals surface area contributed by atoms with Crippen molar-refractivity contribution in [2.45, 2.75) is 45.5 Å². The zero-order valence-electron chi connectivity index (χ0n) is 16.4. The maximum atomic E-state index is 12.6. The number of hydrogen-bond acceptors (Lipinski definition) is 2. The standard InChI is InChI=1S/C21H27BN2O2/c1-20(2,3)24-19(26)15-9-6-8-14(12-15)18(25)23-17-11-7-10-16(13-17)21(4,5)22/h6-13H,22H2,1-5H3,(H,23,25)(H,24,26). The van der Waals surface area contributed by atoms with Gasteiger partial charge in [0.25, 0.3) is 11.8 Å². The summed E-state index contributed by atoms with van der Waals surface area (Å²) >= 11 is 0. The van der Waals surface area contributed by atoms with E-state index in [0.29, 0.717) is 11.1 Å². The van der Waals surface area contributed by atoms with Crippen molar-refractivity contribution in [3.63, 3.8) is 0 Å². The van der Waals surface area contributed by atoms with Gasteiger partial charge in [-0.3, -0.25) is 9.59 Å². The molecule has 26 heavy (non-hydrogen) atoms. The summed E-state index contributed by atoms with van der Waals surface area (Å²) in [6.07, 6.45) is 0. The predicted molar refractivity (Wildman–Crippen MR) is 110 cm³/mol. The molecule has 4 nitrogen and oxygen atoms in total. The third-order valence-corrected chi connectivity index (χ3v) is 3.86. The Balaban J connectivity index is 2.18. The number of hydrogen-bond donors (Lipinski definition) is 2. The van der Waals surface area contributed by atoms with Gasteiger partial charge in [0.05, 0.1) is 0 Å². The fourth-order valence-electron chi connectivity index (χ4n) is 2.48. The summed E-state index contributed by atoms with van der Waals surface area (Å²) in [4.78, 5) is 24.9. The molecule has 0 atom stereocenters. The monoisotopic (exact) mass is 350 g/mol. The van der Waals surface area contributed by atoms with Crippen LogP contribution in [0, 0.1) is 0 Å². The molecule has 0 radical (unpaired) electrons. The van der Waals surface area contributed by atoms with E-state index in [4.69, 9.17) is 0 Å². The van der Waals surface area contributed by atoms with E-state index in [2.05, 4.69) is 32.3 Å². The van der Waals surface area contributed by atoms with Crippen LogP contribution in [0.3, 0.4) is 0 Å². The first-order chi connectivity index (χ1) is 12.0. The third-order valence-electron chi connectivity index (χ3n) is 3.86. The van der Waals surface area contributed by atoms with Crippen molar-refractivity contribution >= 4 is 25.3 Å². The topological polar surface area (TPSA) is 58.2 Å². The molecule has 2 aromatic carbocycles. The van der Waals surface area contributed by atoms with E-state index in [1.54, 1.807) is 24.3 Å². The molecule has 0 aliphatic heterocycles. The molecular weight excluding hydrogens is 323 g/mol. The normalized spacial score (nSPS) is 11.7. The lowest BCUT2D eigenvalue weighted by Gasteiger charge is -2.21. The van der Waals surface area contributed by atoms with Gasteiger partial charge >= 0.3 is 0 Å². The van der Waals surface area contributed by atoms with Crippen LogP contribution in [-0.2, 0) is 5.31 Å². The molecule has 0 aliphatic carbocycles. The summed E-state index contributed by atoms with van der Waals surface area (Å²) in [5, 5.41) is 5.82. The highest BCUT2D eigenvalue weighted by molar-refractivity contribution is 6.15. The van der Waals surface area contributed by atoms with E-state index in [0.717, 1.165) is 11.3 Å². The molecule has 0 aromatic heterocycles. The number of rotatable bonds is 4. The summed E-state index contributed by atoms with van der Waals surface area (Å²) in [5.74, 6) is -0.427. The van der Waals surface area contributed by atoms with Crippen molar-refractivity contribution in [3.8, 4) is 0 Å². The predicted octanol–water partition coefficient (Wildman–Crippen LogP) is 3.34. The number of benzene rings is 2. The Kier molecular flexibility index (Phi) is 5.60. The van der Waals surface area contributed by atoms with Gasteiger partial charge in [0.15, 0.2) is 0 Å². The number of nitrogens with one attached hydrogen (secondary N) is 2. The van der Waals surface area contributed by atoms with Crippen LogP contribution >= 0.6 is 0 Å². The Hall–Kier alpha value is -2.56. The molecule has 0 saturated heterocycles. The third kappa shape index (κ3) is 5.48. The Bertz CT molecular complexity index is 817. The Labute approximate surface area is 156 Å². The Morgan fingerprint density at radius 1 is 0.846 bits per heavy atom. The van der Waals surface area contributed by atoms with Crippen molar-refractivity contribution in [1.29, 1.82) is 0 Å². The molecule has 136 valence electrons. The van der Waals surface area contributed by atoms with Gasteiger partial charge in [0, 0.05) is 22.4 Å². The van der Waals surface area contributed by atoms with Crippen LogP contribution in [0.4, 0.5) is 5.69 Å². The van der Waals surface area contributed by atoms with Crippen LogP contribution in [0.25, 0.3) is 0 Å². The van der Waals surface area contributed by atoms with Crippen LogP contribution in [-0.4, -0.2) is 25.2 Å². The SMILES string of the molecule is BC(C)(C)c1cccc(NC(=O)c2cccc(C(=O)NC(C)(C)C)c2)c1. The van der Waals surface area contributed by atoms with Gasteiger partial charge < -0.3 is 10.6 Å². The average Bonchev–Trinajstić information content (AvgIpc) is 2.53. The van der Waals surface area contributed by atoms with E-state index < -0.39 is 0 Å². The van der Waals surface area contributed by atoms with Crippen LogP contribution in [0.5, 0.6) is 0 Å². The Morgan fingerprint density at radius 3 is 2.00 bits per heavy atom. The van der Waals surface area contributed by atoms with Crippen LogP contribution in [0.1, 0.15) is 60.9 Å². The zero-order chi connectivity index (χ0) is 19.5. The second-order valence-corrected chi connectivity index (χ2v) is 8.57. The average molecular weight is 350 g/mol. The van der Waals surface area contributed by atoms with Crippen LogP contribution < -0.4 is 10.6 Å². The second kappa shape index (κ2) is 7.36. The number of carbonyl (C=O) groups is 2. The summed E-state index contributed by atoms with van der Waals surface area (Å²) in [5.41, 5.74) is 2.48. The van der Waals surface area contributed by atoms with Gasteiger partial charge in [-0.25, -0.2) is 0 Å². The van der Waals surface area contributed by atoms with E-state index in [1.165, 1.54) is 0 Å². The summed E-state index contributed by atoms with van der Waals surface area (Å²) in [7, 11) is 2.13. The van der Waals surface area contributed by atoms with E-state index in [-0.39, 0.29) is 22.7 Å². The second-order valence-electron chi connectivity index (χ2n) is 8.57. The molecule has 0 spiro atoms. The van der Waals surface area contributed by atoms with Crippen molar-refractivity contribution in [3.05, 3.63) is 65.2 Å². The quantitative estimate of drug-likeness (QED) is 0.831. The van der Waals surface area contributed by atoms with E-state index in [9.17, 15) is 9.59 Å². The first-order valence-electron chi connectivity index (χ1n) is 8.80. The molecule has 2 amide bonds. The summed E-state index contributed by atoms with van der Waals surface area (Å²) < 4.78 is 0. The lowest BCUT2D eigenvalue weighted by molar-refractivity contribution is 0.0919. The lowest BCUT2D eigenvalue weighted by Crippen LogP contribution is -2.40. The summed E-state index contributed by atoms with van der Waals surface area (Å²) in [6.45, 7) is 10.0. The number of anilines is 1. The molecule has 0 saturated carbocycles. The molecule has 2 N–H and O–H groups in total. The molecular formula is C21H27BN2O2. The van der Waals surface area contributed by atoms with Gasteiger partial charge in [0.1, 0.15) is 7.85 Å². The highest BCUT2D eigenvalue weighted by atomic mass is 16.2. The number of amides is 2. The highest BCUT2D eigenvalue weighted by Crippen LogP contribution is 2.22. The fourth-order valence-corrected chi connectivity index (χ4v) is 2.48. The highest BCUT2D eigenvalue weighted by Gasteiger charge is 2.17. The minimum atomic E-state index is -0.331. The van der Waals surface area contributed by atoms with Crippen molar-refractivity contribution < 1.29 is 9.59 Å². The molecule has 0 aliphatic rings. The van der Waals surface area contributed by atoms with E-state index in [1.807, 2.05) is 45.0 Å². The van der Waals surface area contributed by atoms with Gasteiger partial charge in [-0.15, -0.1) is 0 Å². The van der Waals surface area contributed by atoms with Crippen LogP contribution in [0.2, 0.25) is 0 Å². The molecule has 2 aromatic rings. The maximum Gasteiger partial charge on any atom is 0.255 e. The van der Waals surface area contributed by atoms with Gasteiger partial charge in [0.2, 0.25) is 0 Å². The first kappa shape index (κ1) is 19.8. The Morgan fingerprint density at radius 2 is 1.42 bits per heavy atom. The van der Waals surface area contributed by atoms with Crippen LogP contribution in [0.15, 0.2) is 48.5 Å². The lowest BCUT2D eigenvalue weighted by atomic mass is 9.67. The number of carbonyl (C=O) groups excluding carboxylic acids is 2. The first-order valence-corrected chi connectivity index (χ1v) is 8.80. The molecule has 5 heteroatoms. The van der Waals surface area contributed by atoms with Crippen molar-refractivity contribution in [2.75, 3.05) is 5.32 Å². The largest absolute Gasteiger partial charge is 0.347 e. The molecule has 0 bridgehead atoms. The minimum absolute atomic E-state index is 0.00565.